The van der Waals surface area contributed by atoms with Gasteiger partial charge in [-0.2, -0.15) is 0 Å². The van der Waals surface area contributed by atoms with Crippen LogP contribution in [0.2, 0.25) is 0 Å². The smallest absolute Gasteiger partial charge is 0.290 e. The van der Waals surface area contributed by atoms with Gasteiger partial charge in [0.25, 0.3) is 6.47 Å². The summed E-state index contributed by atoms with van der Waals surface area (Å²) in [4.78, 5) is 13.0. The molecule has 1 heterocycles. The lowest BCUT2D eigenvalue weighted by Gasteiger charge is -1.96. The molecule has 0 amide bonds. The fourth-order valence-electron chi connectivity index (χ4n) is 1.76. The van der Waals surface area contributed by atoms with Crippen molar-refractivity contribution in [3.8, 4) is 10.6 Å². The Morgan fingerprint density at radius 2 is 1.54 bits per heavy atom. The van der Waals surface area contributed by atoms with Gasteiger partial charge >= 0.3 is 0 Å². The first-order chi connectivity index (χ1) is 11.8. The second-order valence-corrected chi connectivity index (χ2v) is 4.95. The van der Waals surface area contributed by atoms with Crippen molar-refractivity contribution in [3.05, 3.63) is 60.7 Å². The molecule has 0 spiro atoms. The van der Waals surface area contributed by atoms with E-state index in [9.17, 15) is 0 Å². The summed E-state index contributed by atoms with van der Waals surface area (Å²) in [6, 6.07) is 16.5. The summed E-state index contributed by atoms with van der Waals surface area (Å²) in [5.74, 6) is 0. The van der Waals surface area contributed by atoms with Crippen molar-refractivity contribution in [2.75, 3.05) is 0 Å². The average molecular weight is 343 g/mol. The third kappa shape index (κ3) is 6.34. The Bertz CT molecular complexity index is 685. The van der Waals surface area contributed by atoms with E-state index in [0.717, 1.165) is 21.7 Å². The number of benzene rings is 2. The van der Waals surface area contributed by atoms with Crippen molar-refractivity contribution >= 4 is 34.1 Å². The maximum absolute atomic E-state index is 8.36. The van der Waals surface area contributed by atoms with Gasteiger partial charge in [-0.15, -0.1) is 11.3 Å². The van der Waals surface area contributed by atoms with Crippen LogP contribution in [-0.4, -0.2) is 16.6 Å². The first-order valence-corrected chi connectivity index (χ1v) is 8.76. The minimum absolute atomic E-state index is 0.250. The molecule has 1 N–H and O–H groups in total. The maximum atomic E-state index is 8.36. The van der Waals surface area contributed by atoms with E-state index >= 15 is 0 Å². The quantitative estimate of drug-likeness (QED) is 0.551. The molecule has 0 bridgehead atoms. The van der Waals surface area contributed by atoms with E-state index in [1.807, 2.05) is 52.0 Å². The first kappa shape index (κ1) is 21.5. The van der Waals surface area contributed by atoms with Crippen LogP contribution in [-0.2, 0) is 4.79 Å². The molecule has 0 aliphatic carbocycles. The molecule has 0 aliphatic rings. The molecule has 0 atom stereocenters. The predicted octanol–water partition coefficient (Wildman–Crippen LogP) is 6.36. The van der Waals surface area contributed by atoms with E-state index in [0.29, 0.717) is 0 Å². The second-order valence-electron chi connectivity index (χ2n) is 3.92. The lowest BCUT2D eigenvalue weighted by molar-refractivity contribution is -0.122. The Hall–Kier alpha value is -2.46. The summed E-state index contributed by atoms with van der Waals surface area (Å²) in [6.45, 7) is 11.5. The number of hydrogen-bond acceptors (Lipinski definition) is 3. The molecule has 3 aromatic rings. The van der Waals surface area contributed by atoms with Crippen LogP contribution in [0.3, 0.4) is 0 Å². The Labute approximate surface area is 148 Å². The highest BCUT2D eigenvalue weighted by Crippen LogP contribution is 2.29. The molecule has 4 heteroatoms. The number of thiazole rings is 1. The average Bonchev–Trinajstić information content (AvgIpc) is 3.10. The fraction of sp³-hybridized carbons (Fsp3) is 0.200. The summed E-state index contributed by atoms with van der Waals surface area (Å²) in [5.41, 5.74) is 3.37. The molecular weight excluding hydrogens is 318 g/mol. The minimum atomic E-state index is -0.250. The van der Waals surface area contributed by atoms with E-state index < -0.39 is 0 Å². The first-order valence-electron chi connectivity index (χ1n) is 7.95. The van der Waals surface area contributed by atoms with Crippen molar-refractivity contribution < 1.29 is 9.90 Å². The molecule has 3 rings (SSSR count). The Balaban J connectivity index is 0.000000667. The lowest BCUT2D eigenvalue weighted by atomic mass is 10.1. The van der Waals surface area contributed by atoms with E-state index in [-0.39, 0.29) is 6.47 Å². The molecule has 128 valence electrons. The molecule has 0 saturated carbocycles. The number of para-hydroxylation sites is 1. The van der Waals surface area contributed by atoms with E-state index in [2.05, 4.69) is 41.9 Å². The van der Waals surface area contributed by atoms with Crippen molar-refractivity contribution in [1.29, 1.82) is 0 Å². The van der Waals surface area contributed by atoms with Gasteiger partial charge in [-0.05, 0) is 17.7 Å². The van der Waals surface area contributed by atoms with Crippen molar-refractivity contribution in [2.45, 2.75) is 27.7 Å². The largest absolute Gasteiger partial charge is 0.483 e. The van der Waals surface area contributed by atoms with Crippen LogP contribution in [0.1, 0.15) is 33.3 Å². The predicted molar refractivity (Wildman–Crippen MR) is 107 cm³/mol. The lowest BCUT2D eigenvalue weighted by Crippen LogP contribution is -1.76. The van der Waals surface area contributed by atoms with Crippen molar-refractivity contribution in [2.24, 2.45) is 0 Å². The highest BCUT2D eigenvalue weighted by Gasteiger charge is 2.04. The van der Waals surface area contributed by atoms with Gasteiger partial charge in [-0.1, -0.05) is 76.7 Å². The highest BCUT2D eigenvalue weighted by molar-refractivity contribution is 7.21. The summed E-state index contributed by atoms with van der Waals surface area (Å²) >= 11 is 1.73. The van der Waals surface area contributed by atoms with Crippen LogP contribution in [0.15, 0.2) is 55.1 Å². The molecule has 1 aromatic heterocycles. The van der Waals surface area contributed by atoms with Gasteiger partial charge in [0.2, 0.25) is 0 Å². The summed E-state index contributed by atoms with van der Waals surface area (Å²) in [7, 11) is 0. The molecule has 0 unspecified atom stereocenters. The van der Waals surface area contributed by atoms with Gasteiger partial charge < -0.3 is 5.11 Å². The van der Waals surface area contributed by atoms with E-state index in [4.69, 9.17) is 9.90 Å². The molecular formula is C20H25NO2S. The molecule has 0 saturated heterocycles. The minimum Gasteiger partial charge on any atom is -0.483 e. The summed E-state index contributed by atoms with van der Waals surface area (Å²) in [6.07, 6.45) is 1.85. The molecule has 2 aromatic carbocycles. The number of aromatic nitrogens is 1. The fourth-order valence-corrected chi connectivity index (χ4v) is 2.73. The normalized spacial score (nSPS) is 8.50. The zero-order valence-electron chi connectivity index (χ0n) is 14.7. The summed E-state index contributed by atoms with van der Waals surface area (Å²) in [5, 5.41) is 7.96. The number of nitrogens with zero attached hydrogens (tertiary/aromatic N) is 1. The molecule has 24 heavy (non-hydrogen) atoms. The number of carboxylic acid groups (broad SMARTS) is 1. The maximum Gasteiger partial charge on any atom is 0.290 e. The Morgan fingerprint density at radius 3 is 2.04 bits per heavy atom. The van der Waals surface area contributed by atoms with E-state index in [1.165, 1.54) is 4.70 Å². The molecule has 0 fully saturated rings. The number of fused-ring (bicyclic) bond motifs is 1. The van der Waals surface area contributed by atoms with Crippen molar-refractivity contribution in [1.82, 2.24) is 4.98 Å². The SMILES string of the molecule is C=Cc1ccc(-c2nc3ccccc3s2)cc1.CC.CC.O=CO. The van der Waals surface area contributed by atoms with E-state index in [1.54, 1.807) is 11.3 Å². The van der Waals surface area contributed by atoms with Gasteiger partial charge in [-0.25, -0.2) is 4.98 Å². The zero-order chi connectivity index (χ0) is 18.4. The monoisotopic (exact) mass is 343 g/mol. The van der Waals surface area contributed by atoms with Gasteiger partial charge in [0, 0.05) is 5.56 Å². The molecule has 0 aliphatic heterocycles. The topological polar surface area (TPSA) is 50.2 Å². The van der Waals surface area contributed by atoms with Gasteiger partial charge in [0.15, 0.2) is 0 Å². The van der Waals surface area contributed by atoms with Crippen LogP contribution < -0.4 is 0 Å². The molecule has 0 radical (unpaired) electrons. The Kier molecular flexibility index (Phi) is 11.7. The third-order valence-corrected chi connectivity index (χ3v) is 3.77. The van der Waals surface area contributed by atoms with Gasteiger partial charge in [-0.3, -0.25) is 4.79 Å². The summed E-state index contributed by atoms with van der Waals surface area (Å²) < 4.78 is 1.23. The Morgan fingerprint density at radius 1 is 1.00 bits per heavy atom. The van der Waals surface area contributed by atoms with Gasteiger partial charge in [0.1, 0.15) is 5.01 Å². The van der Waals surface area contributed by atoms with Crippen LogP contribution >= 0.6 is 11.3 Å². The van der Waals surface area contributed by atoms with Crippen LogP contribution in [0.4, 0.5) is 0 Å². The zero-order valence-corrected chi connectivity index (χ0v) is 15.5. The number of hydrogen-bond donors (Lipinski definition) is 1. The second kappa shape index (κ2) is 13.0. The van der Waals surface area contributed by atoms with Crippen molar-refractivity contribution in [3.63, 3.8) is 0 Å². The number of rotatable bonds is 2. The van der Waals surface area contributed by atoms with Crippen LogP contribution in [0.5, 0.6) is 0 Å². The highest BCUT2D eigenvalue weighted by atomic mass is 32.1. The van der Waals surface area contributed by atoms with Crippen LogP contribution in [0.25, 0.3) is 26.9 Å². The molecule has 3 nitrogen and oxygen atoms in total. The van der Waals surface area contributed by atoms with Gasteiger partial charge in [0.05, 0.1) is 10.2 Å². The third-order valence-electron chi connectivity index (χ3n) is 2.69. The van der Waals surface area contributed by atoms with Crippen LogP contribution in [0, 0.1) is 0 Å². The number of carbonyl (C=O) groups is 1. The standard InChI is InChI=1S/C15H11NS.2C2H6.CH2O2/c1-2-11-7-9-12(10-8-11)15-16-13-5-3-4-6-14(13)17-15;2*1-2;2-1-3/h2-10H,1H2;2*1-2H3;1H,(H,2,3).